The minimum atomic E-state index is -0.598. The monoisotopic (exact) mass is 375 g/mol. The molecule has 27 heavy (non-hydrogen) atoms. The topological polar surface area (TPSA) is 59.0 Å². The van der Waals surface area contributed by atoms with E-state index in [1.807, 2.05) is 12.1 Å². The number of nitrogens with zero attached hydrogens (tertiary/aromatic N) is 1. The standard InChI is InChI=1S/C21H26FNO4/c1-21(2,3)27-20(25)23(11-12-24)14-16-7-9-19(10-8-16)26-15-17-5-4-6-18(22)13-17/h4-10,13,24H,11-12,14-15H2,1-3H3. The number of carbonyl (C=O) groups is 1. The summed E-state index contributed by atoms with van der Waals surface area (Å²) in [5, 5.41) is 9.21. The molecule has 2 aromatic rings. The third-order valence-electron chi connectivity index (χ3n) is 3.61. The fraction of sp³-hybridized carbons (Fsp3) is 0.381. The summed E-state index contributed by atoms with van der Waals surface area (Å²) in [4.78, 5) is 13.7. The smallest absolute Gasteiger partial charge is 0.410 e. The van der Waals surface area contributed by atoms with Crippen molar-refractivity contribution in [2.75, 3.05) is 13.2 Å². The summed E-state index contributed by atoms with van der Waals surface area (Å²) in [6, 6.07) is 13.5. The quantitative estimate of drug-likeness (QED) is 0.790. The van der Waals surface area contributed by atoms with Crippen LogP contribution in [0.15, 0.2) is 48.5 Å². The van der Waals surface area contributed by atoms with Crippen molar-refractivity contribution >= 4 is 6.09 Å². The summed E-state index contributed by atoms with van der Waals surface area (Å²) < 4.78 is 24.2. The Bertz CT molecular complexity index is 741. The molecule has 5 nitrogen and oxygen atoms in total. The fourth-order valence-corrected chi connectivity index (χ4v) is 2.39. The van der Waals surface area contributed by atoms with Gasteiger partial charge in [0.2, 0.25) is 0 Å². The van der Waals surface area contributed by atoms with Crippen LogP contribution in [0.2, 0.25) is 0 Å². The zero-order valence-electron chi connectivity index (χ0n) is 15.9. The molecule has 0 aliphatic rings. The Hall–Kier alpha value is -2.60. The molecule has 0 unspecified atom stereocenters. The number of rotatable bonds is 7. The number of benzene rings is 2. The van der Waals surface area contributed by atoms with Crippen molar-refractivity contribution in [3.05, 3.63) is 65.5 Å². The van der Waals surface area contributed by atoms with Crippen molar-refractivity contribution in [1.29, 1.82) is 0 Å². The van der Waals surface area contributed by atoms with Crippen LogP contribution in [-0.2, 0) is 17.9 Å². The zero-order chi connectivity index (χ0) is 19.9. The number of ether oxygens (including phenoxy) is 2. The van der Waals surface area contributed by atoms with Crippen LogP contribution >= 0.6 is 0 Å². The largest absolute Gasteiger partial charge is 0.489 e. The van der Waals surface area contributed by atoms with Crippen LogP contribution in [-0.4, -0.2) is 34.9 Å². The molecule has 2 aromatic carbocycles. The van der Waals surface area contributed by atoms with E-state index in [1.165, 1.54) is 17.0 Å². The Morgan fingerprint density at radius 3 is 2.41 bits per heavy atom. The number of halogens is 1. The molecule has 0 saturated carbocycles. The average Bonchev–Trinajstić information content (AvgIpc) is 2.59. The zero-order valence-corrected chi connectivity index (χ0v) is 15.9. The minimum absolute atomic E-state index is 0.145. The van der Waals surface area contributed by atoms with E-state index in [4.69, 9.17) is 9.47 Å². The minimum Gasteiger partial charge on any atom is -0.489 e. The lowest BCUT2D eigenvalue weighted by Gasteiger charge is -2.27. The van der Waals surface area contributed by atoms with Crippen molar-refractivity contribution in [2.45, 2.75) is 39.5 Å². The number of aliphatic hydroxyl groups excluding tert-OH is 1. The molecule has 0 aliphatic heterocycles. The predicted octanol–water partition coefficient (Wildman–Crippen LogP) is 4.13. The van der Waals surface area contributed by atoms with Gasteiger partial charge >= 0.3 is 6.09 Å². The highest BCUT2D eigenvalue weighted by molar-refractivity contribution is 5.68. The first-order chi connectivity index (χ1) is 12.8. The second-order valence-corrected chi connectivity index (χ2v) is 7.19. The molecule has 0 aromatic heterocycles. The summed E-state index contributed by atoms with van der Waals surface area (Å²) in [5.41, 5.74) is 1.03. The van der Waals surface area contributed by atoms with E-state index >= 15 is 0 Å². The highest BCUT2D eigenvalue weighted by Gasteiger charge is 2.21. The molecule has 0 spiro atoms. The van der Waals surface area contributed by atoms with E-state index in [9.17, 15) is 14.3 Å². The third-order valence-corrected chi connectivity index (χ3v) is 3.61. The van der Waals surface area contributed by atoms with Crippen molar-refractivity contribution in [2.24, 2.45) is 0 Å². The predicted molar refractivity (Wildman–Crippen MR) is 101 cm³/mol. The number of aliphatic hydroxyl groups is 1. The maximum Gasteiger partial charge on any atom is 0.410 e. The van der Waals surface area contributed by atoms with E-state index in [2.05, 4.69) is 0 Å². The van der Waals surface area contributed by atoms with Crippen molar-refractivity contribution in [3.63, 3.8) is 0 Å². The molecule has 0 aliphatic carbocycles. The summed E-state index contributed by atoms with van der Waals surface area (Å²) in [5.74, 6) is 0.353. The van der Waals surface area contributed by atoms with Crippen LogP contribution < -0.4 is 4.74 Å². The molecular formula is C21H26FNO4. The fourth-order valence-electron chi connectivity index (χ4n) is 2.39. The van der Waals surface area contributed by atoms with Crippen LogP contribution in [0.5, 0.6) is 5.75 Å². The van der Waals surface area contributed by atoms with Crippen molar-refractivity contribution < 1.29 is 23.8 Å². The van der Waals surface area contributed by atoms with Gasteiger partial charge in [-0.1, -0.05) is 24.3 Å². The SMILES string of the molecule is CC(C)(C)OC(=O)N(CCO)Cc1ccc(OCc2cccc(F)c2)cc1. The molecule has 0 fully saturated rings. The van der Waals surface area contributed by atoms with Gasteiger partial charge in [-0.25, -0.2) is 9.18 Å². The summed E-state index contributed by atoms with van der Waals surface area (Å²) >= 11 is 0. The highest BCUT2D eigenvalue weighted by Crippen LogP contribution is 2.17. The number of hydrogen-bond donors (Lipinski definition) is 1. The van der Waals surface area contributed by atoms with E-state index in [0.717, 1.165) is 11.1 Å². The lowest BCUT2D eigenvalue weighted by atomic mass is 10.2. The lowest BCUT2D eigenvalue weighted by Crippen LogP contribution is -2.38. The molecule has 0 saturated heterocycles. The molecule has 0 bridgehead atoms. The van der Waals surface area contributed by atoms with Gasteiger partial charge in [0.25, 0.3) is 0 Å². The second-order valence-electron chi connectivity index (χ2n) is 7.19. The van der Waals surface area contributed by atoms with Crippen molar-refractivity contribution in [3.8, 4) is 5.75 Å². The summed E-state index contributed by atoms with van der Waals surface area (Å²) in [6.07, 6.45) is -0.469. The first kappa shape index (κ1) is 20.7. The molecular weight excluding hydrogens is 349 g/mol. The van der Waals surface area contributed by atoms with Gasteiger partial charge in [0.15, 0.2) is 0 Å². The molecule has 1 amide bonds. The van der Waals surface area contributed by atoms with Gasteiger partial charge in [-0.05, 0) is 56.2 Å². The molecule has 2 rings (SSSR count). The normalized spacial score (nSPS) is 11.1. The Morgan fingerprint density at radius 2 is 1.81 bits per heavy atom. The number of carbonyl (C=O) groups excluding carboxylic acids is 1. The van der Waals surface area contributed by atoms with Gasteiger partial charge in [-0.3, -0.25) is 0 Å². The Kier molecular flexibility index (Phi) is 7.19. The van der Waals surface area contributed by atoms with E-state index in [1.54, 1.807) is 45.0 Å². The number of hydrogen-bond acceptors (Lipinski definition) is 4. The number of amides is 1. The third kappa shape index (κ3) is 7.27. The molecule has 0 radical (unpaired) electrons. The molecule has 1 N–H and O–H groups in total. The van der Waals surface area contributed by atoms with Crippen molar-refractivity contribution in [1.82, 2.24) is 4.90 Å². The van der Waals surface area contributed by atoms with Crippen LogP contribution in [0, 0.1) is 5.82 Å². The Morgan fingerprint density at radius 1 is 1.11 bits per heavy atom. The van der Waals surface area contributed by atoms with Gasteiger partial charge in [0.05, 0.1) is 6.61 Å². The van der Waals surface area contributed by atoms with E-state index in [-0.39, 0.29) is 25.6 Å². The summed E-state index contributed by atoms with van der Waals surface area (Å²) in [7, 11) is 0. The molecule has 146 valence electrons. The van der Waals surface area contributed by atoms with Gasteiger partial charge in [0, 0.05) is 13.1 Å². The average molecular weight is 375 g/mol. The van der Waals surface area contributed by atoms with Crippen LogP contribution in [0.1, 0.15) is 31.9 Å². The second kappa shape index (κ2) is 9.37. The maximum absolute atomic E-state index is 13.2. The van der Waals surface area contributed by atoms with E-state index < -0.39 is 11.7 Å². The van der Waals surface area contributed by atoms with Crippen LogP contribution in [0.4, 0.5) is 9.18 Å². The lowest BCUT2D eigenvalue weighted by molar-refractivity contribution is 0.0201. The van der Waals surface area contributed by atoms with Gasteiger partial charge in [0.1, 0.15) is 23.8 Å². The van der Waals surface area contributed by atoms with Crippen LogP contribution in [0.3, 0.4) is 0 Å². The van der Waals surface area contributed by atoms with Crippen LogP contribution in [0.25, 0.3) is 0 Å². The van der Waals surface area contributed by atoms with Gasteiger partial charge in [-0.2, -0.15) is 0 Å². The Balaban J connectivity index is 1.95. The van der Waals surface area contributed by atoms with E-state index in [0.29, 0.717) is 12.3 Å². The van der Waals surface area contributed by atoms with Gasteiger partial charge < -0.3 is 19.5 Å². The molecule has 0 heterocycles. The first-order valence-electron chi connectivity index (χ1n) is 8.82. The molecule has 0 atom stereocenters. The Labute approximate surface area is 159 Å². The summed E-state index contributed by atoms with van der Waals surface area (Å²) in [6.45, 7) is 6.03. The highest BCUT2D eigenvalue weighted by atomic mass is 19.1. The van der Waals surface area contributed by atoms with Gasteiger partial charge in [-0.15, -0.1) is 0 Å². The molecule has 6 heteroatoms. The maximum atomic E-state index is 13.2. The first-order valence-corrected chi connectivity index (χ1v) is 8.82.